The lowest BCUT2D eigenvalue weighted by Crippen LogP contribution is -1.96. The van der Waals surface area contributed by atoms with Crippen LogP contribution in [0, 0.1) is 0 Å². The van der Waals surface area contributed by atoms with Gasteiger partial charge < -0.3 is 4.74 Å². The third-order valence-electron chi connectivity index (χ3n) is 2.66. The van der Waals surface area contributed by atoms with Crippen LogP contribution in [0.3, 0.4) is 0 Å². The van der Waals surface area contributed by atoms with Gasteiger partial charge in [0.25, 0.3) is 0 Å². The summed E-state index contributed by atoms with van der Waals surface area (Å²) in [7, 11) is 1.58. The van der Waals surface area contributed by atoms with Gasteiger partial charge in [0.2, 0.25) is 0 Å². The van der Waals surface area contributed by atoms with Crippen molar-refractivity contribution in [1.29, 1.82) is 0 Å². The predicted octanol–water partition coefficient (Wildman–Crippen LogP) is 4.41. The van der Waals surface area contributed by atoms with Gasteiger partial charge in [0.15, 0.2) is 5.82 Å². The van der Waals surface area contributed by atoms with Crippen LogP contribution in [-0.2, 0) is 6.42 Å². The Balaban J connectivity index is 2.43. The van der Waals surface area contributed by atoms with E-state index in [1.165, 1.54) is 0 Å². The second-order valence-corrected chi connectivity index (χ2v) is 4.90. The van der Waals surface area contributed by atoms with Crippen LogP contribution in [0.5, 0.6) is 5.75 Å². The van der Waals surface area contributed by atoms with Gasteiger partial charge in [0.1, 0.15) is 10.9 Å². The largest absolute Gasteiger partial charge is 0.495 e. The second-order valence-electron chi connectivity index (χ2n) is 4.10. The van der Waals surface area contributed by atoms with Crippen molar-refractivity contribution in [3.63, 3.8) is 0 Å². The third kappa shape index (κ3) is 3.37. The molecule has 0 aliphatic carbocycles. The zero-order valence-corrected chi connectivity index (χ0v) is 12.3. The first kappa shape index (κ1) is 14.1. The Morgan fingerprint density at radius 3 is 2.58 bits per heavy atom. The minimum Gasteiger partial charge on any atom is -0.495 e. The average molecular weight is 297 g/mol. The third-order valence-corrected chi connectivity index (χ3v) is 3.15. The van der Waals surface area contributed by atoms with Gasteiger partial charge >= 0.3 is 0 Å². The predicted molar refractivity (Wildman–Crippen MR) is 78.0 cm³/mol. The summed E-state index contributed by atoms with van der Waals surface area (Å²) in [4.78, 5) is 8.73. The summed E-state index contributed by atoms with van der Waals surface area (Å²) in [5.41, 5.74) is 1.76. The molecule has 2 rings (SSSR count). The van der Waals surface area contributed by atoms with Crippen LogP contribution in [0.25, 0.3) is 11.4 Å². The van der Waals surface area contributed by atoms with E-state index in [1.807, 2.05) is 6.07 Å². The number of methoxy groups -OCH3 is 1. The Morgan fingerprint density at radius 1 is 1.16 bits per heavy atom. The number of halogens is 2. The molecular weight excluding hydrogens is 283 g/mol. The van der Waals surface area contributed by atoms with E-state index < -0.39 is 0 Å². The Labute approximate surface area is 122 Å². The Bertz CT molecular complexity index is 588. The molecule has 1 aromatic carbocycles. The molecule has 0 spiro atoms. The van der Waals surface area contributed by atoms with Crippen LogP contribution >= 0.6 is 23.2 Å². The SMILES string of the molecule is CCCc1cc(Cl)nc(-c2ccc(OC)c(Cl)c2)n1. The lowest BCUT2D eigenvalue weighted by Gasteiger charge is -2.07. The maximum Gasteiger partial charge on any atom is 0.161 e. The highest BCUT2D eigenvalue weighted by Gasteiger charge is 2.08. The normalized spacial score (nSPS) is 10.5. The minimum atomic E-state index is 0.445. The van der Waals surface area contributed by atoms with E-state index in [-0.39, 0.29) is 0 Å². The Morgan fingerprint density at radius 2 is 1.95 bits per heavy atom. The molecule has 2 aromatic rings. The van der Waals surface area contributed by atoms with E-state index >= 15 is 0 Å². The lowest BCUT2D eigenvalue weighted by molar-refractivity contribution is 0.415. The summed E-state index contributed by atoms with van der Waals surface area (Å²) in [5.74, 6) is 1.21. The molecule has 0 fully saturated rings. The van der Waals surface area contributed by atoms with Crippen molar-refractivity contribution in [2.45, 2.75) is 19.8 Å². The van der Waals surface area contributed by atoms with Gasteiger partial charge in [-0.3, -0.25) is 0 Å². The number of aromatic nitrogens is 2. The number of hydrogen-bond donors (Lipinski definition) is 0. The van der Waals surface area contributed by atoms with Crippen LogP contribution in [0.15, 0.2) is 24.3 Å². The lowest BCUT2D eigenvalue weighted by atomic mass is 10.2. The molecule has 19 heavy (non-hydrogen) atoms. The summed E-state index contributed by atoms with van der Waals surface area (Å²) in [6, 6.07) is 7.23. The van der Waals surface area contributed by atoms with Gasteiger partial charge in [-0.15, -0.1) is 0 Å². The molecular formula is C14H14Cl2N2O. The van der Waals surface area contributed by atoms with E-state index in [2.05, 4.69) is 16.9 Å². The van der Waals surface area contributed by atoms with Crippen LogP contribution < -0.4 is 4.74 Å². The molecule has 0 radical (unpaired) electrons. The van der Waals surface area contributed by atoms with Crippen molar-refractivity contribution in [3.8, 4) is 17.1 Å². The van der Waals surface area contributed by atoms with Gasteiger partial charge in [0.05, 0.1) is 12.1 Å². The van der Waals surface area contributed by atoms with Crippen molar-refractivity contribution < 1.29 is 4.74 Å². The molecule has 0 saturated heterocycles. The van der Waals surface area contributed by atoms with E-state index in [0.717, 1.165) is 24.1 Å². The topological polar surface area (TPSA) is 35.0 Å². The molecule has 1 heterocycles. The summed E-state index contributed by atoms with van der Waals surface area (Å²) < 4.78 is 5.12. The molecule has 0 aliphatic heterocycles. The first-order valence-electron chi connectivity index (χ1n) is 6.01. The monoisotopic (exact) mass is 296 g/mol. The van der Waals surface area contributed by atoms with Crippen molar-refractivity contribution in [3.05, 3.63) is 40.1 Å². The van der Waals surface area contributed by atoms with Crippen LogP contribution in [0.1, 0.15) is 19.0 Å². The molecule has 0 atom stereocenters. The zero-order chi connectivity index (χ0) is 13.8. The van der Waals surface area contributed by atoms with Gasteiger partial charge in [0, 0.05) is 11.3 Å². The smallest absolute Gasteiger partial charge is 0.161 e. The number of ether oxygens (including phenoxy) is 1. The van der Waals surface area contributed by atoms with Crippen LogP contribution in [0.2, 0.25) is 10.2 Å². The van der Waals surface area contributed by atoms with Crippen molar-refractivity contribution in [1.82, 2.24) is 9.97 Å². The molecule has 100 valence electrons. The Hall–Kier alpha value is -1.32. The molecule has 0 amide bonds. The average Bonchev–Trinajstić information content (AvgIpc) is 2.38. The zero-order valence-electron chi connectivity index (χ0n) is 10.8. The summed E-state index contributed by atoms with van der Waals surface area (Å²) in [5, 5.41) is 0.973. The van der Waals surface area contributed by atoms with Crippen molar-refractivity contribution in [2.75, 3.05) is 7.11 Å². The minimum absolute atomic E-state index is 0.445. The highest BCUT2D eigenvalue weighted by molar-refractivity contribution is 6.32. The van der Waals surface area contributed by atoms with Gasteiger partial charge in [-0.05, 0) is 30.7 Å². The fourth-order valence-corrected chi connectivity index (χ4v) is 2.25. The van der Waals surface area contributed by atoms with Crippen molar-refractivity contribution >= 4 is 23.2 Å². The van der Waals surface area contributed by atoms with E-state index in [1.54, 1.807) is 25.3 Å². The molecule has 0 saturated carbocycles. The quantitative estimate of drug-likeness (QED) is 0.784. The fourth-order valence-electron chi connectivity index (χ4n) is 1.78. The fraction of sp³-hybridized carbons (Fsp3) is 0.286. The first-order valence-corrected chi connectivity index (χ1v) is 6.77. The first-order chi connectivity index (χ1) is 9.13. The van der Waals surface area contributed by atoms with E-state index in [0.29, 0.717) is 21.7 Å². The number of aryl methyl sites for hydroxylation is 1. The maximum atomic E-state index is 6.11. The van der Waals surface area contributed by atoms with E-state index in [9.17, 15) is 0 Å². The standard InChI is InChI=1S/C14H14Cl2N2O/c1-3-4-10-8-13(16)18-14(17-10)9-5-6-12(19-2)11(15)7-9/h5-8H,3-4H2,1-2H3. The van der Waals surface area contributed by atoms with Gasteiger partial charge in [-0.1, -0.05) is 36.5 Å². The molecule has 0 bridgehead atoms. The summed E-state index contributed by atoms with van der Waals surface area (Å²) in [6.45, 7) is 2.10. The molecule has 0 aliphatic rings. The van der Waals surface area contributed by atoms with Gasteiger partial charge in [-0.25, -0.2) is 9.97 Å². The molecule has 5 heteroatoms. The molecule has 3 nitrogen and oxygen atoms in total. The summed E-state index contributed by atoms with van der Waals surface area (Å²) >= 11 is 12.1. The molecule has 0 unspecified atom stereocenters. The number of benzene rings is 1. The highest BCUT2D eigenvalue weighted by Crippen LogP contribution is 2.29. The summed E-state index contributed by atoms with van der Waals surface area (Å²) in [6.07, 6.45) is 1.88. The highest BCUT2D eigenvalue weighted by atomic mass is 35.5. The van der Waals surface area contributed by atoms with Crippen LogP contribution in [-0.4, -0.2) is 17.1 Å². The van der Waals surface area contributed by atoms with Crippen molar-refractivity contribution in [2.24, 2.45) is 0 Å². The number of hydrogen-bond acceptors (Lipinski definition) is 3. The molecule has 1 aromatic heterocycles. The number of nitrogens with zero attached hydrogens (tertiary/aromatic N) is 2. The van der Waals surface area contributed by atoms with E-state index in [4.69, 9.17) is 27.9 Å². The second kappa shape index (κ2) is 6.22. The maximum absolute atomic E-state index is 6.11. The van der Waals surface area contributed by atoms with Crippen LogP contribution in [0.4, 0.5) is 0 Å². The number of rotatable bonds is 4. The molecule has 0 N–H and O–H groups in total. The van der Waals surface area contributed by atoms with Gasteiger partial charge in [-0.2, -0.15) is 0 Å². The Kier molecular flexibility index (Phi) is 4.61.